The first-order valence-corrected chi connectivity index (χ1v) is 9.94. The van der Waals surface area contributed by atoms with Crippen molar-refractivity contribution in [1.82, 2.24) is 4.98 Å². The Morgan fingerprint density at radius 2 is 1.72 bits per heavy atom. The number of benzene rings is 2. The topological polar surface area (TPSA) is 123 Å². The van der Waals surface area contributed by atoms with Gasteiger partial charge in [-0.1, -0.05) is 18.2 Å². The van der Waals surface area contributed by atoms with Crippen molar-refractivity contribution in [2.24, 2.45) is 5.90 Å². The highest BCUT2D eigenvalue weighted by molar-refractivity contribution is 7.92. The number of anilines is 2. The average molecular weight is 410 g/mol. The largest absolute Gasteiger partial charge is 0.412 e. The molecule has 29 heavy (non-hydrogen) atoms. The molecule has 1 aromatic heterocycles. The Hall–Kier alpha value is -3.69. The smallest absolute Gasteiger partial charge is 0.263 e. The molecule has 0 bridgehead atoms. The van der Waals surface area contributed by atoms with Gasteiger partial charge in [0.2, 0.25) is 5.91 Å². The van der Waals surface area contributed by atoms with Crippen LogP contribution in [-0.4, -0.2) is 19.3 Å². The van der Waals surface area contributed by atoms with E-state index in [0.29, 0.717) is 11.4 Å². The van der Waals surface area contributed by atoms with Gasteiger partial charge < -0.3 is 10.2 Å². The zero-order valence-corrected chi connectivity index (χ0v) is 16.0. The van der Waals surface area contributed by atoms with Crippen LogP contribution in [0.3, 0.4) is 0 Å². The molecule has 1 amide bonds. The molecule has 0 saturated heterocycles. The lowest BCUT2D eigenvalue weighted by Gasteiger charge is -2.08. The Morgan fingerprint density at radius 3 is 2.34 bits per heavy atom. The molecule has 0 fully saturated rings. The Bertz CT molecular complexity index is 1100. The first-order valence-electron chi connectivity index (χ1n) is 8.46. The van der Waals surface area contributed by atoms with Crippen molar-refractivity contribution < 1.29 is 18.0 Å². The molecule has 0 aliphatic heterocycles. The van der Waals surface area contributed by atoms with Gasteiger partial charge in [0, 0.05) is 18.0 Å². The van der Waals surface area contributed by atoms with Gasteiger partial charge in [-0.25, -0.2) is 13.4 Å². The molecular weight excluding hydrogens is 392 g/mol. The zero-order valence-electron chi connectivity index (χ0n) is 15.1. The number of pyridine rings is 1. The Labute approximate surface area is 168 Å². The van der Waals surface area contributed by atoms with E-state index in [4.69, 9.17) is 5.90 Å². The van der Waals surface area contributed by atoms with Crippen LogP contribution >= 0.6 is 0 Å². The van der Waals surface area contributed by atoms with Gasteiger partial charge in [0.25, 0.3) is 10.0 Å². The van der Waals surface area contributed by atoms with Crippen LogP contribution in [0.5, 0.6) is 5.75 Å². The lowest BCUT2D eigenvalue weighted by molar-refractivity contribution is -0.111. The van der Waals surface area contributed by atoms with Gasteiger partial charge in [0.1, 0.15) is 11.6 Å². The SMILES string of the molecule is NOc1ccc(/C=C/C(=O)Nc2ccc(S(=O)(=O)Nc3ccccn3)cc2)cc1. The van der Waals surface area contributed by atoms with Crippen molar-refractivity contribution in [3.63, 3.8) is 0 Å². The number of carbonyl (C=O) groups is 1. The summed E-state index contributed by atoms with van der Waals surface area (Å²) in [5, 5.41) is 2.67. The van der Waals surface area contributed by atoms with E-state index in [0.717, 1.165) is 5.56 Å². The maximum absolute atomic E-state index is 12.4. The number of nitrogens with zero attached hydrogens (tertiary/aromatic N) is 1. The van der Waals surface area contributed by atoms with E-state index in [2.05, 4.69) is 19.9 Å². The maximum Gasteiger partial charge on any atom is 0.263 e. The lowest BCUT2D eigenvalue weighted by Crippen LogP contribution is -2.14. The summed E-state index contributed by atoms with van der Waals surface area (Å²) in [4.78, 5) is 20.6. The van der Waals surface area contributed by atoms with Crippen molar-refractivity contribution >= 4 is 33.5 Å². The first-order chi connectivity index (χ1) is 14.0. The van der Waals surface area contributed by atoms with E-state index in [-0.39, 0.29) is 16.6 Å². The molecule has 0 unspecified atom stereocenters. The number of carbonyl (C=O) groups excluding carboxylic acids is 1. The Kier molecular flexibility index (Phi) is 6.22. The van der Waals surface area contributed by atoms with E-state index >= 15 is 0 Å². The molecule has 9 heteroatoms. The van der Waals surface area contributed by atoms with Crippen LogP contribution in [0.2, 0.25) is 0 Å². The van der Waals surface area contributed by atoms with Gasteiger partial charge in [-0.2, -0.15) is 5.90 Å². The molecule has 4 N–H and O–H groups in total. The van der Waals surface area contributed by atoms with E-state index < -0.39 is 10.0 Å². The predicted molar refractivity (Wildman–Crippen MR) is 110 cm³/mol. The van der Waals surface area contributed by atoms with Gasteiger partial charge in [0.05, 0.1) is 4.90 Å². The Morgan fingerprint density at radius 1 is 1.00 bits per heavy atom. The summed E-state index contributed by atoms with van der Waals surface area (Å²) in [5.74, 6) is 5.44. The summed E-state index contributed by atoms with van der Waals surface area (Å²) in [7, 11) is -3.77. The molecule has 148 valence electrons. The molecule has 0 atom stereocenters. The molecule has 8 nitrogen and oxygen atoms in total. The van der Waals surface area contributed by atoms with Crippen LogP contribution < -0.4 is 20.8 Å². The minimum Gasteiger partial charge on any atom is -0.412 e. The molecule has 3 aromatic rings. The summed E-state index contributed by atoms with van der Waals surface area (Å²) in [6, 6.07) is 17.6. The molecular formula is C20H18N4O4S. The fourth-order valence-corrected chi connectivity index (χ4v) is 3.36. The van der Waals surface area contributed by atoms with E-state index in [1.807, 2.05) is 0 Å². The standard InChI is InChI=1S/C20H18N4O4S/c21-28-17-9-4-15(5-10-17)6-13-20(25)23-16-7-11-18(12-8-16)29(26,27)24-19-3-1-2-14-22-19/h1-14H,21H2,(H,22,24)(H,23,25)/b13-6+. The van der Waals surface area contributed by atoms with Crippen LogP contribution in [0.25, 0.3) is 6.08 Å². The van der Waals surface area contributed by atoms with Gasteiger partial charge in [-0.15, -0.1) is 0 Å². The van der Waals surface area contributed by atoms with E-state index in [1.54, 1.807) is 48.5 Å². The highest BCUT2D eigenvalue weighted by Crippen LogP contribution is 2.17. The van der Waals surface area contributed by atoms with Crippen molar-refractivity contribution in [3.8, 4) is 5.75 Å². The summed E-state index contributed by atoms with van der Waals surface area (Å²) >= 11 is 0. The number of hydrogen-bond acceptors (Lipinski definition) is 6. The molecule has 3 rings (SSSR count). The number of amides is 1. The second-order valence-corrected chi connectivity index (χ2v) is 7.54. The van der Waals surface area contributed by atoms with Crippen LogP contribution in [0.1, 0.15) is 5.56 Å². The summed E-state index contributed by atoms with van der Waals surface area (Å²) in [6.07, 6.45) is 4.49. The summed E-state index contributed by atoms with van der Waals surface area (Å²) < 4.78 is 27.1. The molecule has 2 aromatic carbocycles. The lowest BCUT2D eigenvalue weighted by atomic mass is 10.2. The van der Waals surface area contributed by atoms with E-state index in [1.165, 1.54) is 36.5 Å². The van der Waals surface area contributed by atoms with Crippen LogP contribution in [0, 0.1) is 0 Å². The van der Waals surface area contributed by atoms with Gasteiger partial charge >= 0.3 is 0 Å². The van der Waals surface area contributed by atoms with Crippen LogP contribution in [0.15, 0.2) is 83.9 Å². The Balaban J connectivity index is 1.62. The second-order valence-electron chi connectivity index (χ2n) is 5.85. The van der Waals surface area contributed by atoms with Crippen molar-refractivity contribution in [2.75, 3.05) is 10.0 Å². The molecule has 0 aliphatic rings. The highest BCUT2D eigenvalue weighted by atomic mass is 32.2. The number of rotatable bonds is 7. The summed E-state index contributed by atoms with van der Waals surface area (Å²) in [6.45, 7) is 0. The number of nitrogens with two attached hydrogens (primary N) is 1. The zero-order chi connectivity index (χ0) is 20.7. The normalized spacial score (nSPS) is 11.2. The highest BCUT2D eigenvalue weighted by Gasteiger charge is 2.14. The average Bonchev–Trinajstić information content (AvgIpc) is 2.73. The summed E-state index contributed by atoms with van der Waals surface area (Å²) in [5.41, 5.74) is 1.26. The third-order valence-electron chi connectivity index (χ3n) is 3.78. The van der Waals surface area contributed by atoms with E-state index in [9.17, 15) is 13.2 Å². The molecule has 1 heterocycles. The molecule has 0 saturated carbocycles. The fraction of sp³-hybridized carbons (Fsp3) is 0. The van der Waals surface area contributed by atoms with Crippen LogP contribution in [0.4, 0.5) is 11.5 Å². The molecule has 0 aliphatic carbocycles. The van der Waals surface area contributed by atoms with Crippen molar-refractivity contribution in [2.45, 2.75) is 4.90 Å². The second kappa shape index (κ2) is 9.00. The number of sulfonamides is 1. The van der Waals surface area contributed by atoms with Gasteiger partial charge in [-0.3, -0.25) is 9.52 Å². The fourth-order valence-electron chi connectivity index (χ4n) is 2.35. The third-order valence-corrected chi connectivity index (χ3v) is 5.15. The minimum atomic E-state index is -3.77. The molecule has 0 spiro atoms. The number of aromatic nitrogens is 1. The van der Waals surface area contributed by atoms with Crippen molar-refractivity contribution in [3.05, 3.63) is 84.6 Å². The maximum atomic E-state index is 12.4. The molecule has 0 radical (unpaired) electrons. The number of hydrogen-bond donors (Lipinski definition) is 3. The first kappa shape index (κ1) is 20.1. The quantitative estimate of drug-likeness (QED) is 0.406. The monoisotopic (exact) mass is 410 g/mol. The van der Waals surface area contributed by atoms with Crippen molar-refractivity contribution in [1.29, 1.82) is 0 Å². The third kappa shape index (κ3) is 5.64. The predicted octanol–water partition coefficient (Wildman–Crippen LogP) is 2.79. The van der Waals surface area contributed by atoms with Crippen LogP contribution in [-0.2, 0) is 14.8 Å². The minimum absolute atomic E-state index is 0.0545. The van der Waals surface area contributed by atoms with Gasteiger partial charge in [-0.05, 0) is 60.2 Å². The number of nitrogens with one attached hydrogen (secondary N) is 2. The van der Waals surface area contributed by atoms with Gasteiger partial charge in [0.15, 0.2) is 0 Å².